The number of hydrogen-bond acceptors (Lipinski definition) is 3. The zero-order valence-corrected chi connectivity index (χ0v) is 13.7. The predicted molar refractivity (Wildman–Crippen MR) is 92.3 cm³/mol. The second kappa shape index (κ2) is 4.64. The van der Waals surface area contributed by atoms with E-state index >= 15 is 0 Å². The van der Waals surface area contributed by atoms with Crippen LogP contribution in [0.4, 0.5) is 0 Å². The van der Waals surface area contributed by atoms with Gasteiger partial charge in [0.25, 0.3) is 0 Å². The van der Waals surface area contributed by atoms with Crippen molar-refractivity contribution in [2.45, 2.75) is 13.5 Å². The van der Waals surface area contributed by atoms with Gasteiger partial charge in [-0.05, 0) is 47.1 Å². The minimum atomic E-state index is 0.0899. The van der Waals surface area contributed by atoms with Crippen LogP contribution in [0.5, 0.6) is 0 Å². The predicted octanol–water partition coefficient (Wildman–Crippen LogP) is 4.55. The van der Waals surface area contributed by atoms with Crippen LogP contribution < -0.4 is 5.43 Å². The van der Waals surface area contributed by atoms with Gasteiger partial charge in [-0.15, -0.1) is 11.3 Å². The SMILES string of the molecule is CCn1c2ccccc2c(=O)c2c3sc(Br)nc3ccc21. The molecule has 0 radical (unpaired) electrons. The zero-order chi connectivity index (χ0) is 14.6. The van der Waals surface area contributed by atoms with E-state index in [1.165, 1.54) is 11.3 Å². The molecule has 104 valence electrons. The van der Waals surface area contributed by atoms with Crippen LogP contribution in [0.15, 0.2) is 45.1 Å². The first kappa shape index (κ1) is 13.0. The largest absolute Gasteiger partial charge is 0.341 e. The molecule has 0 atom stereocenters. The molecule has 0 aliphatic carbocycles. The Hall–Kier alpha value is -1.72. The van der Waals surface area contributed by atoms with Gasteiger partial charge in [0.2, 0.25) is 0 Å². The number of aryl methyl sites for hydroxylation is 1. The van der Waals surface area contributed by atoms with E-state index < -0.39 is 0 Å². The highest BCUT2D eigenvalue weighted by Gasteiger charge is 2.14. The Kier molecular flexibility index (Phi) is 2.87. The van der Waals surface area contributed by atoms with E-state index in [2.05, 4.69) is 32.4 Å². The third-order valence-electron chi connectivity index (χ3n) is 3.78. The maximum Gasteiger partial charge on any atom is 0.198 e. The molecule has 0 saturated carbocycles. The van der Waals surface area contributed by atoms with Crippen LogP contribution in [-0.4, -0.2) is 9.55 Å². The number of aromatic nitrogens is 2. The number of thiazole rings is 1. The highest BCUT2D eigenvalue weighted by atomic mass is 79.9. The molecule has 0 saturated heterocycles. The Bertz CT molecular complexity index is 1060. The normalized spacial score (nSPS) is 11.7. The third kappa shape index (κ3) is 1.77. The third-order valence-corrected chi connectivity index (χ3v) is 5.32. The van der Waals surface area contributed by atoms with Gasteiger partial charge in [-0.1, -0.05) is 12.1 Å². The first-order chi connectivity index (χ1) is 10.2. The number of rotatable bonds is 1. The van der Waals surface area contributed by atoms with Crippen molar-refractivity contribution >= 4 is 59.3 Å². The molecule has 5 heteroatoms. The molecule has 0 aliphatic heterocycles. The number of nitrogens with zero attached hydrogens (tertiary/aromatic N) is 2. The molecule has 0 fully saturated rings. The fraction of sp³-hybridized carbons (Fsp3) is 0.125. The van der Waals surface area contributed by atoms with E-state index in [9.17, 15) is 4.79 Å². The number of pyridine rings is 1. The lowest BCUT2D eigenvalue weighted by Crippen LogP contribution is -2.10. The van der Waals surface area contributed by atoms with E-state index in [0.717, 1.165) is 42.5 Å². The van der Waals surface area contributed by atoms with Gasteiger partial charge in [-0.2, -0.15) is 0 Å². The van der Waals surface area contributed by atoms with Gasteiger partial charge in [-0.25, -0.2) is 4.98 Å². The summed E-state index contributed by atoms with van der Waals surface area (Å²) in [6.45, 7) is 2.92. The van der Waals surface area contributed by atoms with Crippen LogP contribution in [0, 0.1) is 0 Å². The molecule has 0 aliphatic rings. The lowest BCUT2D eigenvalue weighted by Gasteiger charge is -2.13. The first-order valence-electron chi connectivity index (χ1n) is 6.71. The van der Waals surface area contributed by atoms with Crippen LogP contribution in [0.25, 0.3) is 32.0 Å². The molecular formula is C16H11BrN2OS. The minimum Gasteiger partial charge on any atom is -0.341 e. The smallest absolute Gasteiger partial charge is 0.198 e. The monoisotopic (exact) mass is 358 g/mol. The summed E-state index contributed by atoms with van der Waals surface area (Å²) < 4.78 is 3.96. The fourth-order valence-electron chi connectivity index (χ4n) is 2.90. The van der Waals surface area contributed by atoms with E-state index in [1.807, 2.05) is 36.4 Å². The summed E-state index contributed by atoms with van der Waals surface area (Å²) in [4.78, 5) is 17.4. The zero-order valence-electron chi connectivity index (χ0n) is 11.3. The molecule has 0 unspecified atom stereocenters. The summed E-state index contributed by atoms with van der Waals surface area (Å²) in [6.07, 6.45) is 0. The summed E-state index contributed by atoms with van der Waals surface area (Å²) in [5.41, 5.74) is 2.92. The maximum atomic E-state index is 12.9. The molecule has 0 spiro atoms. The summed E-state index contributed by atoms with van der Waals surface area (Å²) in [6, 6.07) is 11.8. The van der Waals surface area contributed by atoms with Gasteiger partial charge < -0.3 is 4.57 Å². The molecule has 21 heavy (non-hydrogen) atoms. The van der Waals surface area contributed by atoms with Gasteiger partial charge in [0.05, 0.1) is 26.6 Å². The van der Waals surface area contributed by atoms with Crippen molar-refractivity contribution in [3.8, 4) is 0 Å². The highest BCUT2D eigenvalue weighted by Crippen LogP contribution is 2.32. The van der Waals surface area contributed by atoms with Gasteiger partial charge in [0.1, 0.15) is 0 Å². The van der Waals surface area contributed by atoms with Crippen molar-refractivity contribution in [1.29, 1.82) is 0 Å². The lowest BCUT2D eigenvalue weighted by molar-refractivity contribution is 0.822. The van der Waals surface area contributed by atoms with Gasteiger partial charge in [0.15, 0.2) is 9.35 Å². The summed E-state index contributed by atoms with van der Waals surface area (Å²) >= 11 is 4.93. The minimum absolute atomic E-state index is 0.0899. The van der Waals surface area contributed by atoms with Crippen molar-refractivity contribution in [1.82, 2.24) is 9.55 Å². The summed E-state index contributed by atoms with van der Waals surface area (Å²) in [5.74, 6) is 0. The van der Waals surface area contributed by atoms with E-state index in [1.54, 1.807) is 0 Å². The molecule has 2 aromatic carbocycles. The quantitative estimate of drug-likeness (QED) is 0.468. The van der Waals surface area contributed by atoms with Crippen molar-refractivity contribution in [3.63, 3.8) is 0 Å². The van der Waals surface area contributed by atoms with E-state index in [4.69, 9.17) is 0 Å². The molecule has 2 heterocycles. The second-order valence-electron chi connectivity index (χ2n) is 4.87. The summed E-state index contributed by atoms with van der Waals surface area (Å²) in [5, 5.41) is 1.54. The van der Waals surface area contributed by atoms with Crippen LogP contribution in [-0.2, 0) is 6.54 Å². The van der Waals surface area contributed by atoms with Gasteiger partial charge in [-0.3, -0.25) is 4.79 Å². The Labute approximate surface area is 133 Å². The molecular weight excluding hydrogens is 348 g/mol. The Morgan fingerprint density at radius 3 is 2.81 bits per heavy atom. The first-order valence-corrected chi connectivity index (χ1v) is 8.32. The average molecular weight is 359 g/mol. The molecule has 0 amide bonds. The molecule has 4 rings (SSSR count). The van der Waals surface area contributed by atoms with Crippen molar-refractivity contribution < 1.29 is 0 Å². The molecule has 3 nitrogen and oxygen atoms in total. The van der Waals surface area contributed by atoms with Crippen molar-refractivity contribution in [2.75, 3.05) is 0 Å². The van der Waals surface area contributed by atoms with Crippen molar-refractivity contribution in [2.24, 2.45) is 0 Å². The molecule has 4 aromatic rings. The van der Waals surface area contributed by atoms with E-state index in [-0.39, 0.29) is 5.43 Å². The molecule has 0 bridgehead atoms. The maximum absolute atomic E-state index is 12.9. The number of hydrogen-bond donors (Lipinski definition) is 0. The molecule has 2 aromatic heterocycles. The second-order valence-corrected chi connectivity index (χ2v) is 7.14. The lowest BCUT2D eigenvalue weighted by atomic mass is 10.1. The van der Waals surface area contributed by atoms with Crippen LogP contribution in [0.2, 0.25) is 0 Å². The Morgan fingerprint density at radius 2 is 2.00 bits per heavy atom. The standard InChI is InChI=1S/C16H11BrN2OS/c1-2-19-11-6-4-3-5-9(11)14(20)13-12(19)8-7-10-15(13)21-16(17)18-10/h3-8H,2H2,1H3. The van der Waals surface area contributed by atoms with Gasteiger partial charge >= 0.3 is 0 Å². The number of fused-ring (bicyclic) bond motifs is 4. The Morgan fingerprint density at radius 1 is 1.19 bits per heavy atom. The van der Waals surface area contributed by atoms with Crippen LogP contribution >= 0.6 is 27.3 Å². The highest BCUT2D eigenvalue weighted by molar-refractivity contribution is 9.11. The average Bonchev–Trinajstić information content (AvgIpc) is 2.88. The number of halogens is 1. The van der Waals surface area contributed by atoms with Crippen molar-refractivity contribution in [3.05, 3.63) is 50.5 Å². The van der Waals surface area contributed by atoms with Crippen LogP contribution in [0.3, 0.4) is 0 Å². The van der Waals surface area contributed by atoms with Crippen LogP contribution in [0.1, 0.15) is 6.92 Å². The molecule has 0 N–H and O–H groups in total. The summed E-state index contributed by atoms with van der Waals surface area (Å²) in [7, 11) is 0. The number of benzene rings is 2. The number of para-hydroxylation sites is 1. The van der Waals surface area contributed by atoms with Gasteiger partial charge in [0, 0.05) is 11.9 Å². The fourth-order valence-corrected chi connectivity index (χ4v) is 4.41. The van der Waals surface area contributed by atoms with E-state index in [0.29, 0.717) is 0 Å². The Balaban J connectivity index is 2.39. The topological polar surface area (TPSA) is 34.9 Å².